The van der Waals surface area contributed by atoms with Gasteiger partial charge in [-0.3, -0.25) is 0 Å². The molecule has 1 aliphatic heterocycles. The highest BCUT2D eigenvalue weighted by Gasteiger charge is 2.10. The van der Waals surface area contributed by atoms with Crippen LogP contribution in [0.25, 0.3) is 0 Å². The first-order chi connectivity index (χ1) is 5.90. The van der Waals surface area contributed by atoms with Gasteiger partial charge in [0.1, 0.15) is 5.82 Å². The SMILES string of the molecule is NCCc1cn2c(n1)CCCC2. The molecule has 0 atom stereocenters. The smallest absolute Gasteiger partial charge is 0.108 e. The van der Waals surface area contributed by atoms with Gasteiger partial charge in [-0.1, -0.05) is 0 Å². The highest BCUT2D eigenvalue weighted by molar-refractivity contribution is 5.06. The lowest BCUT2D eigenvalue weighted by atomic mass is 10.2. The summed E-state index contributed by atoms with van der Waals surface area (Å²) in [6.07, 6.45) is 6.80. The minimum Gasteiger partial charge on any atom is -0.335 e. The molecule has 0 fully saturated rings. The van der Waals surface area contributed by atoms with E-state index in [9.17, 15) is 0 Å². The average Bonchev–Trinajstić information content (AvgIpc) is 2.47. The molecule has 3 nitrogen and oxygen atoms in total. The van der Waals surface area contributed by atoms with Crippen molar-refractivity contribution < 1.29 is 0 Å². The Labute approximate surface area is 72.6 Å². The van der Waals surface area contributed by atoms with E-state index in [0.717, 1.165) is 25.1 Å². The van der Waals surface area contributed by atoms with Crippen LogP contribution in [0.3, 0.4) is 0 Å². The van der Waals surface area contributed by atoms with Gasteiger partial charge in [0, 0.05) is 25.6 Å². The fraction of sp³-hybridized carbons (Fsp3) is 0.667. The molecule has 2 rings (SSSR count). The molecular weight excluding hydrogens is 150 g/mol. The number of rotatable bonds is 2. The van der Waals surface area contributed by atoms with Gasteiger partial charge in [-0.2, -0.15) is 0 Å². The first-order valence-corrected chi connectivity index (χ1v) is 4.65. The quantitative estimate of drug-likeness (QED) is 0.701. The molecule has 2 heterocycles. The van der Waals surface area contributed by atoms with Crippen LogP contribution in [0.4, 0.5) is 0 Å². The van der Waals surface area contributed by atoms with Gasteiger partial charge in [-0.15, -0.1) is 0 Å². The van der Waals surface area contributed by atoms with E-state index in [1.807, 2.05) is 0 Å². The summed E-state index contributed by atoms with van der Waals surface area (Å²) in [5.74, 6) is 1.25. The van der Waals surface area contributed by atoms with Gasteiger partial charge in [0.05, 0.1) is 5.69 Å². The van der Waals surface area contributed by atoms with Gasteiger partial charge in [-0.05, 0) is 19.4 Å². The van der Waals surface area contributed by atoms with E-state index in [1.165, 1.54) is 18.7 Å². The number of imidazole rings is 1. The van der Waals surface area contributed by atoms with Crippen molar-refractivity contribution in [1.82, 2.24) is 9.55 Å². The molecule has 0 saturated carbocycles. The Morgan fingerprint density at radius 2 is 2.42 bits per heavy atom. The first-order valence-electron chi connectivity index (χ1n) is 4.65. The van der Waals surface area contributed by atoms with Gasteiger partial charge in [0.25, 0.3) is 0 Å². The average molecular weight is 165 g/mol. The number of nitrogens with zero attached hydrogens (tertiary/aromatic N) is 2. The molecule has 0 spiro atoms. The Morgan fingerprint density at radius 3 is 3.17 bits per heavy atom. The van der Waals surface area contributed by atoms with Crippen LogP contribution in [-0.2, 0) is 19.4 Å². The van der Waals surface area contributed by atoms with E-state index in [0.29, 0.717) is 6.54 Å². The number of aromatic nitrogens is 2. The fourth-order valence-electron chi connectivity index (χ4n) is 1.74. The van der Waals surface area contributed by atoms with E-state index in [1.54, 1.807) is 0 Å². The van der Waals surface area contributed by atoms with Crippen LogP contribution >= 0.6 is 0 Å². The largest absolute Gasteiger partial charge is 0.335 e. The van der Waals surface area contributed by atoms with Crippen LogP contribution in [0.5, 0.6) is 0 Å². The van der Waals surface area contributed by atoms with Crippen LogP contribution in [0.1, 0.15) is 24.4 Å². The van der Waals surface area contributed by atoms with E-state index >= 15 is 0 Å². The maximum atomic E-state index is 5.47. The third-order valence-electron chi connectivity index (χ3n) is 2.36. The molecule has 0 amide bonds. The number of hydrogen-bond donors (Lipinski definition) is 1. The predicted octanol–water partition coefficient (Wildman–Crippen LogP) is 0.721. The van der Waals surface area contributed by atoms with Crippen molar-refractivity contribution in [2.45, 2.75) is 32.2 Å². The van der Waals surface area contributed by atoms with Crippen molar-refractivity contribution in [3.05, 3.63) is 17.7 Å². The second kappa shape index (κ2) is 3.27. The Bertz CT molecular complexity index is 241. The summed E-state index contributed by atoms with van der Waals surface area (Å²) in [4.78, 5) is 4.52. The highest BCUT2D eigenvalue weighted by Crippen LogP contribution is 2.14. The van der Waals surface area contributed by atoms with Crippen molar-refractivity contribution >= 4 is 0 Å². The van der Waals surface area contributed by atoms with Crippen LogP contribution in [-0.4, -0.2) is 16.1 Å². The van der Waals surface area contributed by atoms with E-state index in [-0.39, 0.29) is 0 Å². The molecule has 1 aliphatic rings. The Balaban J connectivity index is 2.20. The number of nitrogens with two attached hydrogens (primary N) is 1. The van der Waals surface area contributed by atoms with Crippen LogP contribution < -0.4 is 5.73 Å². The summed E-state index contributed by atoms with van der Waals surface area (Å²) in [5.41, 5.74) is 6.63. The first kappa shape index (κ1) is 7.80. The molecule has 1 aromatic heterocycles. The van der Waals surface area contributed by atoms with Crippen molar-refractivity contribution in [1.29, 1.82) is 0 Å². The lowest BCUT2D eigenvalue weighted by molar-refractivity contribution is 0.522. The molecule has 0 aromatic carbocycles. The van der Waals surface area contributed by atoms with E-state index < -0.39 is 0 Å². The Morgan fingerprint density at radius 1 is 1.50 bits per heavy atom. The van der Waals surface area contributed by atoms with Gasteiger partial charge in [-0.25, -0.2) is 4.98 Å². The zero-order valence-electron chi connectivity index (χ0n) is 7.29. The Hall–Kier alpha value is -0.830. The Kier molecular flexibility index (Phi) is 2.13. The van der Waals surface area contributed by atoms with Crippen LogP contribution in [0.15, 0.2) is 6.20 Å². The molecule has 0 bridgehead atoms. The molecule has 0 aliphatic carbocycles. The van der Waals surface area contributed by atoms with Crippen LogP contribution in [0, 0.1) is 0 Å². The molecule has 12 heavy (non-hydrogen) atoms. The van der Waals surface area contributed by atoms with E-state index in [2.05, 4.69) is 15.7 Å². The van der Waals surface area contributed by atoms with E-state index in [4.69, 9.17) is 5.73 Å². The van der Waals surface area contributed by atoms with Gasteiger partial charge in [0.2, 0.25) is 0 Å². The topological polar surface area (TPSA) is 43.8 Å². The summed E-state index contributed by atoms with van der Waals surface area (Å²) < 4.78 is 2.27. The molecule has 0 saturated heterocycles. The molecular formula is C9H15N3. The van der Waals surface area contributed by atoms with Gasteiger partial charge < -0.3 is 10.3 Å². The second-order valence-corrected chi connectivity index (χ2v) is 3.34. The maximum absolute atomic E-state index is 5.47. The monoisotopic (exact) mass is 165 g/mol. The summed E-state index contributed by atoms with van der Waals surface area (Å²) in [6.45, 7) is 1.85. The zero-order valence-corrected chi connectivity index (χ0v) is 7.29. The third-order valence-corrected chi connectivity index (χ3v) is 2.36. The lowest BCUT2D eigenvalue weighted by Gasteiger charge is -2.11. The third kappa shape index (κ3) is 1.37. The maximum Gasteiger partial charge on any atom is 0.108 e. The summed E-state index contributed by atoms with van der Waals surface area (Å²) in [5, 5.41) is 0. The predicted molar refractivity (Wildman–Crippen MR) is 47.9 cm³/mol. The number of aryl methyl sites for hydroxylation is 2. The zero-order chi connectivity index (χ0) is 8.39. The molecule has 1 aromatic rings. The minimum absolute atomic E-state index is 0.705. The molecule has 66 valence electrons. The lowest BCUT2D eigenvalue weighted by Crippen LogP contribution is -2.08. The van der Waals surface area contributed by atoms with Crippen molar-refractivity contribution in [2.24, 2.45) is 5.73 Å². The molecule has 0 radical (unpaired) electrons. The normalized spacial score (nSPS) is 16.1. The minimum atomic E-state index is 0.705. The molecule has 2 N–H and O–H groups in total. The molecule has 0 unspecified atom stereocenters. The van der Waals surface area contributed by atoms with Crippen molar-refractivity contribution in [2.75, 3.05) is 6.54 Å². The number of hydrogen-bond acceptors (Lipinski definition) is 2. The standard InChI is InChI=1S/C9H15N3/c10-5-4-8-7-12-6-2-1-3-9(12)11-8/h7H,1-6,10H2. The molecule has 3 heteroatoms. The summed E-state index contributed by atoms with van der Waals surface area (Å²) >= 11 is 0. The second-order valence-electron chi connectivity index (χ2n) is 3.34. The number of fused-ring (bicyclic) bond motifs is 1. The summed E-state index contributed by atoms with van der Waals surface area (Å²) in [7, 11) is 0. The fourth-order valence-corrected chi connectivity index (χ4v) is 1.74. The van der Waals surface area contributed by atoms with Crippen molar-refractivity contribution in [3.63, 3.8) is 0 Å². The summed E-state index contributed by atoms with van der Waals surface area (Å²) in [6, 6.07) is 0. The van der Waals surface area contributed by atoms with Crippen molar-refractivity contribution in [3.8, 4) is 0 Å². The highest BCUT2D eigenvalue weighted by atomic mass is 15.1. The van der Waals surface area contributed by atoms with Gasteiger partial charge >= 0.3 is 0 Å². The van der Waals surface area contributed by atoms with Crippen LogP contribution in [0.2, 0.25) is 0 Å². The van der Waals surface area contributed by atoms with Gasteiger partial charge in [0.15, 0.2) is 0 Å².